The van der Waals surface area contributed by atoms with Gasteiger partial charge in [-0.25, -0.2) is 4.99 Å². The summed E-state index contributed by atoms with van der Waals surface area (Å²) in [5.41, 5.74) is 2.81. The van der Waals surface area contributed by atoms with Crippen LogP contribution in [-0.2, 0) is 17.9 Å². The van der Waals surface area contributed by atoms with Gasteiger partial charge in [0.25, 0.3) is 0 Å². The molecule has 1 fully saturated rings. The van der Waals surface area contributed by atoms with Crippen molar-refractivity contribution in [3.8, 4) is 0 Å². The van der Waals surface area contributed by atoms with Gasteiger partial charge in [-0.1, -0.05) is 36.4 Å². The van der Waals surface area contributed by atoms with Gasteiger partial charge in [-0.05, 0) is 37.8 Å². The molecule has 1 aromatic carbocycles. The number of nitrogens with zero attached hydrogens (tertiary/aromatic N) is 2. The standard InChI is InChI=1S/C22H33F3N4O.HI/c1-4-26-21(28-20-8-10-29(11-9-20)14-17(2)3)27-13-18-6-5-7-19(12-18)15-30-16-22(23,24)25;/h5-7,12,20H,2,4,8-11,13-16H2,1,3H3,(H2,26,27,28);1H. The molecule has 1 aliphatic rings. The number of guanidine groups is 1. The Morgan fingerprint density at radius 1 is 1.26 bits per heavy atom. The van der Waals surface area contributed by atoms with Crippen LogP contribution in [0.15, 0.2) is 41.4 Å². The average Bonchev–Trinajstić information content (AvgIpc) is 2.67. The van der Waals surface area contributed by atoms with E-state index in [1.165, 1.54) is 5.57 Å². The molecule has 5 nitrogen and oxygen atoms in total. The molecule has 9 heteroatoms. The van der Waals surface area contributed by atoms with Crippen LogP contribution in [0.4, 0.5) is 13.2 Å². The normalized spacial score (nSPS) is 16.0. The fraction of sp³-hybridized carbons (Fsp3) is 0.591. The first-order valence-corrected chi connectivity index (χ1v) is 10.4. The molecule has 0 saturated carbocycles. The third-order valence-electron chi connectivity index (χ3n) is 4.71. The average molecular weight is 554 g/mol. The Hall–Kier alpha value is -1.33. The van der Waals surface area contributed by atoms with E-state index in [9.17, 15) is 13.2 Å². The molecule has 31 heavy (non-hydrogen) atoms. The first kappa shape index (κ1) is 27.7. The summed E-state index contributed by atoms with van der Waals surface area (Å²) in [5, 5.41) is 6.78. The molecular formula is C22H34F3IN4O. The molecule has 0 radical (unpaired) electrons. The monoisotopic (exact) mass is 554 g/mol. The molecule has 1 aliphatic heterocycles. The van der Waals surface area contributed by atoms with Crippen LogP contribution in [0, 0.1) is 0 Å². The van der Waals surface area contributed by atoms with Crippen LogP contribution in [0.3, 0.4) is 0 Å². The number of hydrogen-bond donors (Lipinski definition) is 2. The van der Waals surface area contributed by atoms with E-state index in [1.807, 2.05) is 25.1 Å². The third-order valence-corrected chi connectivity index (χ3v) is 4.71. The number of alkyl halides is 3. The predicted octanol–water partition coefficient (Wildman–Crippen LogP) is 4.48. The van der Waals surface area contributed by atoms with Crippen molar-refractivity contribution in [1.82, 2.24) is 15.5 Å². The van der Waals surface area contributed by atoms with Gasteiger partial charge in [0.2, 0.25) is 0 Å². The molecule has 0 unspecified atom stereocenters. The van der Waals surface area contributed by atoms with Crippen molar-refractivity contribution in [3.63, 3.8) is 0 Å². The molecule has 0 bridgehead atoms. The molecule has 2 rings (SSSR count). The van der Waals surface area contributed by atoms with Crippen LogP contribution >= 0.6 is 24.0 Å². The maximum atomic E-state index is 12.2. The molecule has 0 aromatic heterocycles. The van der Waals surface area contributed by atoms with Crippen molar-refractivity contribution in [2.45, 2.75) is 52.1 Å². The molecule has 0 aliphatic carbocycles. The molecule has 1 saturated heterocycles. The number of piperidine rings is 1. The number of aliphatic imine (C=N–C) groups is 1. The van der Waals surface area contributed by atoms with E-state index in [0.29, 0.717) is 18.2 Å². The molecule has 0 atom stereocenters. The Morgan fingerprint density at radius 3 is 2.55 bits per heavy atom. The van der Waals surface area contributed by atoms with Gasteiger partial charge in [-0.3, -0.25) is 4.90 Å². The summed E-state index contributed by atoms with van der Waals surface area (Å²) in [6.07, 6.45) is -2.22. The maximum absolute atomic E-state index is 12.2. The van der Waals surface area contributed by atoms with Gasteiger partial charge in [-0.15, -0.1) is 24.0 Å². The highest BCUT2D eigenvalue weighted by Gasteiger charge is 2.27. The van der Waals surface area contributed by atoms with Gasteiger partial charge in [0, 0.05) is 32.2 Å². The van der Waals surface area contributed by atoms with E-state index < -0.39 is 12.8 Å². The van der Waals surface area contributed by atoms with Gasteiger partial charge in [-0.2, -0.15) is 13.2 Å². The lowest BCUT2D eigenvalue weighted by Gasteiger charge is -2.33. The molecule has 0 spiro atoms. The number of benzene rings is 1. The van der Waals surface area contributed by atoms with Crippen LogP contribution in [-0.4, -0.2) is 55.9 Å². The number of rotatable bonds is 9. The minimum absolute atomic E-state index is 0. The summed E-state index contributed by atoms with van der Waals surface area (Å²) in [7, 11) is 0. The first-order chi connectivity index (χ1) is 14.2. The van der Waals surface area contributed by atoms with Gasteiger partial charge in [0.1, 0.15) is 6.61 Å². The van der Waals surface area contributed by atoms with Gasteiger partial charge < -0.3 is 15.4 Å². The van der Waals surface area contributed by atoms with Crippen LogP contribution in [0.2, 0.25) is 0 Å². The van der Waals surface area contributed by atoms with Crippen LogP contribution in [0.25, 0.3) is 0 Å². The van der Waals surface area contributed by atoms with Crippen LogP contribution in [0.5, 0.6) is 0 Å². The minimum Gasteiger partial charge on any atom is -0.367 e. The zero-order valence-electron chi connectivity index (χ0n) is 18.3. The molecule has 1 heterocycles. The van der Waals surface area contributed by atoms with Crippen molar-refractivity contribution >= 4 is 29.9 Å². The smallest absolute Gasteiger partial charge is 0.367 e. The fourth-order valence-corrected chi connectivity index (χ4v) is 3.40. The zero-order chi connectivity index (χ0) is 22.0. The molecular weight excluding hydrogens is 520 g/mol. The number of likely N-dealkylation sites (tertiary alicyclic amines) is 1. The SMILES string of the molecule is C=C(C)CN1CCC(NC(=NCc2cccc(COCC(F)(F)F)c2)NCC)CC1.I. The van der Waals surface area contributed by atoms with E-state index in [-0.39, 0.29) is 30.6 Å². The first-order valence-electron chi connectivity index (χ1n) is 10.4. The Bertz CT molecular complexity index is 704. The highest BCUT2D eigenvalue weighted by Crippen LogP contribution is 2.16. The molecule has 1 aromatic rings. The molecule has 176 valence electrons. The lowest BCUT2D eigenvalue weighted by atomic mass is 10.0. The summed E-state index contributed by atoms with van der Waals surface area (Å²) in [6, 6.07) is 7.68. The van der Waals surface area contributed by atoms with E-state index in [4.69, 9.17) is 4.74 Å². The third kappa shape index (κ3) is 11.7. The lowest BCUT2D eigenvalue weighted by molar-refractivity contribution is -0.176. The summed E-state index contributed by atoms with van der Waals surface area (Å²) in [6.45, 7) is 11.0. The second-order valence-electron chi connectivity index (χ2n) is 7.77. The molecule has 2 N–H and O–H groups in total. The Balaban J connectivity index is 0.00000480. The lowest BCUT2D eigenvalue weighted by Crippen LogP contribution is -2.48. The number of nitrogens with one attached hydrogen (secondary N) is 2. The number of halogens is 4. The summed E-state index contributed by atoms with van der Waals surface area (Å²) >= 11 is 0. The van der Waals surface area contributed by atoms with E-state index >= 15 is 0 Å². The summed E-state index contributed by atoms with van der Waals surface area (Å²) < 4.78 is 41.4. The van der Waals surface area contributed by atoms with Crippen LogP contribution < -0.4 is 10.6 Å². The van der Waals surface area contributed by atoms with Crippen LogP contribution in [0.1, 0.15) is 37.8 Å². The summed E-state index contributed by atoms with van der Waals surface area (Å²) in [5.74, 6) is 0.759. The maximum Gasteiger partial charge on any atom is 0.411 e. The van der Waals surface area contributed by atoms with Crippen molar-refractivity contribution < 1.29 is 17.9 Å². The number of hydrogen-bond acceptors (Lipinski definition) is 3. The molecule has 0 amide bonds. The Kier molecular flexibility index (Phi) is 12.5. The van der Waals surface area contributed by atoms with Gasteiger partial charge in [0.05, 0.1) is 13.2 Å². The minimum atomic E-state index is -4.31. The predicted molar refractivity (Wildman–Crippen MR) is 130 cm³/mol. The van der Waals surface area contributed by atoms with Crippen molar-refractivity contribution in [1.29, 1.82) is 0 Å². The second kappa shape index (κ2) is 13.9. The topological polar surface area (TPSA) is 48.9 Å². The van der Waals surface area contributed by atoms with E-state index in [0.717, 1.165) is 50.5 Å². The van der Waals surface area contributed by atoms with Crippen molar-refractivity contribution in [3.05, 3.63) is 47.5 Å². The Morgan fingerprint density at radius 2 is 1.94 bits per heavy atom. The summed E-state index contributed by atoms with van der Waals surface area (Å²) in [4.78, 5) is 7.07. The van der Waals surface area contributed by atoms with E-state index in [2.05, 4.69) is 34.0 Å². The van der Waals surface area contributed by atoms with Gasteiger partial charge >= 0.3 is 6.18 Å². The second-order valence-corrected chi connectivity index (χ2v) is 7.77. The largest absolute Gasteiger partial charge is 0.411 e. The fourth-order valence-electron chi connectivity index (χ4n) is 3.40. The van der Waals surface area contributed by atoms with Gasteiger partial charge in [0.15, 0.2) is 5.96 Å². The van der Waals surface area contributed by atoms with Crippen molar-refractivity contribution in [2.24, 2.45) is 4.99 Å². The number of ether oxygens (including phenoxy) is 1. The highest BCUT2D eigenvalue weighted by atomic mass is 127. The zero-order valence-corrected chi connectivity index (χ0v) is 20.6. The van der Waals surface area contributed by atoms with E-state index in [1.54, 1.807) is 6.07 Å². The highest BCUT2D eigenvalue weighted by molar-refractivity contribution is 14.0. The quantitative estimate of drug-likeness (QED) is 0.205. The Labute approximate surface area is 200 Å². The van der Waals surface area contributed by atoms with Crippen molar-refractivity contribution in [2.75, 3.05) is 32.8 Å².